The average Bonchev–Trinajstić information content (AvgIpc) is 3.10. The van der Waals surface area contributed by atoms with Crippen molar-refractivity contribution in [3.05, 3.63) is 71.9 Å². The zero-order valence-electron chi connectivity index (χ0n) is 13.6. The first-order valence-corrected chi connectivity index (χ1v) is 7.63. The lowest BCUT2D eigenvalue weighted by atomic mass is 10.1. The molecule has 0 aliphatic rings. The van der Waals surface area contributed by atoms with Gasteiger partial charge in [0.25, 0.3) is 0 Å². The highest BCUT2D eigenvalue weighted by atomic mass is 19.1. The maximum Gasteiger partial charge on any atom is 0.309 e. The second-order valence-electron chi connectivity index (χ2n) is 5.34. The molecule has 0 amide bonds. The number of aromatic nitrogens is 1. The van der Waals surface area contributed by atoms with E-state index >= 15 is 0 Å². The molecule has 1 heterocycles. The van der Waals surface area contributed by atoms with Crippen LogP contribution in [0.5, 0.6) is 5.75 Å². The number of rotatable bonds is 6. The third kappa shape index (κ3) is 4.44. The van der Waals surface area contributed by atoms with E-state index in [0.29, 0.717) is 22.9 Å². The summed E-state index contributed by atoms with van der Waals surface area (Å²) in [7, 11) is 1.36. The monoisotopic (exact) mass is 341 g/mol. The first-order valence-electron chi connectivity index (χ1n) is 7.63. The van der Waals surface area contributed by atoms with Gasteiger partial charge in [0, 0.05) is 5.56 Å². The molecule has 25 heavy (non-hydrogen) atoms. The number of benzene rings is 2. The molecule has 6 heteroatoms. The number of ether oxygens (including phenoxy) is 2. The molecule has 0 unspecified atom stereocenters. The normalized spacial score (nSPS) is 10.5. The van der Waals surface area contributed by atoms with Crippen molar-refractivity contribution in [1.29, 1.82) is 0 Å². The Morgan fingerprint density at radius 2 is 1.84 bits per heavy atom. The molecule has 0 bridgehead atoms. The summed E-state index contributed by atoms with van der Waals surface area (Å²) >= 11 is 0. The van der Waals surface area contributed by atoms with Crippen molar-refractivity contribution in [3.8, 4) is 17.2 Å². The molecule has 5 nitrogen and oxygen atoms in total. The van der Waals surface area contributed by atoms with Gasteiger partial charge in [-0.3, -0.25) is 4.79 Å². The molecule has 3 rings (SSSR count). The van der Waals surface area contributed by atoms with Gasteiger partial charge in [-0.2, -0.15) is 0 Å². The smallest absolute Gasteiger partial charge is 0.309 e. The van der Waals surface area contributed by atoms with E-state index in [1.807, 2.05) is 0 Å². The lowest BCUT2D eigenvalue weighted by Gasteiger charge is -2.05. The van der Waals surface area contributed by atoms with Crippen LogP contribution < -0.4 is 4.74 Å². The molecule has 3 aromatic rings. The third-order valence-corrected chi connectivity index (χ3v) is 3.53. The van der Waals surface area contributed by atoms with Crippen molar-refractivity contribution in [2.24, 2.45) is 0 Å². The van der Waals surface area contributed by atoms with Crippen molar-refractivity contribution in [2.45, 2.75) is 13.0 Å². The fourth-order valence-electron chi connectivity index (χ4n) is 2.20. The standard InChI is InChI=1S/C19H16FNO4/c1-23-18(22)10-13-2-8-17(9-3-13)24-11-16-12-25-19(21-16)14-4-6-15(20)7-5-14/h2-9,12H,10-11H2,1H3. The molecule has 0 radical (unpaired) electrons. The van der Waals surface area contributed by atoms with Crippen LogP contribution in [0.2, 0.25) is 0 Å². The summed E-state index contributed by atoms with van der Waals surface area (Å²) in [6.45, 7) is 0.237. The Balaban J connectivity index is 1.58. The summed E-state index contributed by atoms with van der Waals surface area (Å²) in [4.78, 5) is 15.5. The van der Waals surface area contributed by atoms with Crippen molar-refractivity contribution < 1.29 is 23.1 Å². The van der Waals surface area contributed by atoms with Gasteiger partial charge in [-0.05, 0) is 42.0 Å². The largest absolute Gasteiger partial charge is 0.487 e. The van der Waals surface area contributed by atoms with Crippen molar-refractivity contribution in [2.75, 3.05) is 7.11 Å². The number of nitrogens with zero attached hydrogens (tertiary/aromatic N) is 1. The average molecular weight is 341 g/mol. The number of hydrogen-bond acceptors (Lipinski definition) is 5. The van der Waals surface area contributed by atoms with Gasteiger partial charge in [0.15, 0.2) is 0 Å². The van der Waals surface area contributed by atoms with Gasteiger partial charge in [0.1, 0.15) is 30.1 Å². The van der Waals surface area contributed by atoms with E-state index in [0.717, 1.165) is 5.56 Å². The van der Waals surface area contributed by atoms with Gasteiger partial charge in [-0.15, -0.1) is 0 Å². The number of halogens is 1. The summed E-state index contributed by atoms with van der Waals surface area (Å²) in [6, 6.07) is 13.1. The predicted molar refractivity (Wildman–Crippen MR) is 88.4 cm³/mol. The van der Waals surface area contributed by atoms with Crippen molar-refractivity contribution >= 4 is 5.97 Å². The molecule has 2 aromatic carbocycles. The van der Waals surface area contributed by atoms with Crippen molar-refractivity contribution in [1.82, 2.24) is 4.98 Å². The fourth-order valence-corrected chi connectivity index (χ4v) is 2.20. The third-order valence-electron chi connectivity index (χ3n) is 3.53. The zero-order valence-corrected chi connectivity index (χ0v) is 13.6. The molecular weight excluding hydrogens is 325 g/mol. The first kappa shape index (κ1) is 16.7. The highest BCUT2D eigenvalue weighted by Crippen LogP contribution is 2.20. The zero-order chi connectivity index (χ0) is 17.6. The molecule has 0 N–H and O–H groups in total. The first-order chi connectivity index (χ1) is 12.1. The van der Waals surface area contributed by atoms with Crippen LogP contribution in [0.15, 0.2) is 59.2 Å². The summed E-state index contributed by atoms with van der Waals surface area (Å²) in [5.74, 6) is 0.464. The molecule has 1 aromatic heterocycles. The Labute approximate surface area is 144 Å². The Morgan fingerprint density at radius 1 is 1.12 bits per heavy atom. The van der Waals surface area contributed by atoms with Gasteiger partial charge in [-0.1, -0.05) is 12.1 Å². The van der Waals surface area contributed by atoms with E-state index in [4.69, 9.17) is 9.15 Å². The summed E-state index contributed by atoms with van der Waals surface area (Å²) in [6.07, 6.45) is 1.73. The molecule has 0 spiro atoms. The highest BCUT2D eigenvalue weighted by molar-refractivity contribution is 5.72. The van der Waals surface area contributed by atoms with Crippen LogP contribution in [-0.2, 0) is 22.6 Å². The quantitative estimate of drug-likeness (QED) is 0.639. The van der Waals surface area contributed by atoms with E-state index < -0.39 is 0 Å². The SMILES string of the molecule is COC(=O)Cc1ccc(OCc2coc(-c3ccc(F)cc3)n2)cc1. The van der Waals surface area contributed by atoms with Gasteiger partial charge in [0.2, 0.25) is 5.89 Å². The van der Waals surface area contributed by atoms with Gasteiger partial charge >= 0.3 is 5.97 Å². The fraction of sp³-hybridized carbons (Fsp3) is 0.158. The minimum Gasteiger partial charge on any atom is -0.487 e. The van der Waals surface area contributed by atoms with Crippen LogP contribution >= 0.6 is 0 Å². The van der Waals surface area contributed by atoms with Crippen molar-refractivity contribution in [3.63, 3.8) is 0 Å². The molecule has 0 aliphatic heterocycles. The van der Waals surface area contributed by atoms with Gasteiger partial charge < -0.3 is 13.9 Å². The van der Waals surface area contributed by atoms with E-state index in [2.05, 4.69) is 9.72 Å². The maximum absolute atomic E-state index is 12.9. The van der Waals surface area contributed by atoms with Crippen LogP contribution in [0.4, 0.5) is 4.39 Å². The van der Waals surface area contributed by atoms with E-state index in [1.54, 1.807) is 36.4 Å². The lowest BCUT2D eigenvalue weighted by Crippen LogP contribution is -2.04. The Hall–Kier alpha value is -3.15. The molecule has 0 saturated heterocycles. The number of carbonyl (C=O) groups excluding carboxylic acids is 1. The summed E-state index contributed by atoms with van der Waals surface area (Å²) < 4.78 is 28.6. The number of esters is 1. The molecule has 128 valence electrons. The molecular formula is C19H16FNO4. The Kier molecular flexibility index (Phi) is 5.09. The van der Waals surface area contributed by atoms with Crippen LogP contribution in [0, 0.1) is 5.82 Å². The predicted octanol–water partition coefficient (Wildman–Crippen LogP) is 3.78. The second-order valence-corrected chi connectivity index (χ2v) is 5.34. The number of methoxy groups -OCH3 is 1. The summed E-state index contributed by atoms with van der Waals surface area (Å²) in [5.41, 5.74) is 2.16. The van der Waals surface area contributed by atoms with Crippen LogP contribution in [0.1, 0.15) is 11.3 Å². The maximum atomic E-state index is 12.9. The number of carbonyl (C=O) groups is 1. The summed E-state index contributed by atoms with van der Waals surface area (Å²) in [5, 5.41) is 0. The Morgan fingerprint density at radius 3 is 2.52 bits per heavy atom. The molecule has 0 aliphatic carbocycles. The number of oxazole rings is 1. The van der Waals surface area contributed by atoms with Crippen LogP contribution in [0.3, 0.4) is 0 Å². The topological polar surface area (TPSA) is 61.6 Å². The minimum absolute atomic E-state index is 0.223. The number of hydrogen-bond donors (Lipinski definition) is 0. The molecule has 0 atom stereocenters. The Bertz CT molecular complexity index is 841. The molecule has 0 fully saturated rings. The molecule has 0 saturated carbocycles. The minimum atomic E-state index is -0.311. The highest BCUT2D eigenvalue weighted by Gasteiger charge is 2.08. The lowest BCUT2D eigenvalue weighted by molar-refractivity contribution is -0.139. The van der Waals surface area contributed by atoms with Crippen LogP contribution in [0.25, 0.3) is 11.5 Å². The van der Waals surface area contributed by atoms with Gasteiger partial charge in [0.05, 0.1) is 13.5 Å². The van der Waals surface area contributed by atoms with Crippen LogP contribution in [-0.4, -0.2) is 18.1 Å². The second kappa shape index (κ2) is 7.61. The van der Waals surface area contributed by atoms with Gasteiger partial charge in [-0.25, -0.2) is 9.37 Å². The van der Waals surface area contributed by atoms with E-state index in [1.165, 1.54) is 25.5 Å². The van der Waals surface area contributed by atoms with E-state index in [-0.39, 0.29) is 24.8 Å². The van der Waals surface area contributed by atoms with E-state index in [9.17, 15) is 9.18 Å².